The summed E-state index contributed by atoms with van der Waals surface area (Å²) in [6.45, 7) is 0.660. The van der Waals surface area contributed by atoms with Crippen molar-refractivity contribution >= 4 is 23.5 Å². The van der Waals surface area contributed by atoms with E-state index in [2.05, 4.69) is 0 Å². The molecule has 1 aromatic carbocycles. The Bertz CT molecular complexity index is 654. The van der Waals surface area contributed by atoms with Crippen molar-refractivity contribution in [1.82, 2.24) is 4.90 Å². The van der Waals surface area contributed by atoms with Gasteiger partial charge < -0.3 is 14.9 Å². The summed E-state index contributed by atoms with van der Waals surface area (Å²) < 4.78 is 0. The molecule has 1 aliphatic carbocycles. The number of anilines is 1. The maximum absolute atomic E-state index is 12.7. The van der Waals surface area contributed by atoms with E-state index in [1.54, 1.807) is 41.1 Å². The van der Waals surface area contributed by atoms with Crippen LogP contribution in [0.1, 0.15) is 29.6 Å². The fourth-order valence-electron chi connectivity index (χ4n) is 2.99. The first-order valence-corrected chi connectivity index (χ1v) is 7.87. The molecule has 6 heteroatoms. The van der Waals surface area contributed by atoms with Gasteiger partial charge in [0.2, 0.25) is 5.91 Å². The van der Waals surface area contributed by atoms with Crippen LogP contribution in [-0.4, -0.2) is 47.9 Å². The molecule has 0 aromatic heterocycles. The van der Waals surface area contributed by atoms with Crippen molar-refractivity contribution in [3.8, 4) is 0 Å². The van der Waals surface area contributed by atoms with Gasteiger partial charge in [-0.1, -0.05) is 12.1 Å². The number of benzene rings is 1. The molecule has 122 valence electrons. The monoisotopic (exact) mass is 316 g/mol. The number of hydrogen-bond donors (Lipinski definition) is 1. The lowest BCUT2D eigenvalue weighted by Gasteiger charge is -2.23. The van der Waals surface area contributed by atoms with Crippen LogP contribution in [0.2, 0.25) is 0 Å². The average Bonchev–Trinajstić information content (AvgIpc) is 3.28. The summed E-state index contributed by atoms with van der Waals surface area (Å²) in [7, 11) is 1.69. The molecule has 0 radical (unpaired) electrons. The standard InChI is InChI=1S/C17H20N2O4/c1-18(15(20)11-6-7-11)14-5-3-2-4-13(14)16(21)19-9-8-12(10-19)17(22)23/h2-5,11-12H,6-10H2,1H3,(H,22,23). The van der Waals surface area contributed by atoms with Crippen molar-refractivity contribution in [2.75, 3.05) is 25.0 Å². The van der Waals surface area contributed by atoms with Crippen molar-refractivity contribution < 1.29 is 19.5 Å². The summed E-state index contributed by atoms with van der Waals surface area (Å²) in [5.41, 5.74) is 1.04. The highest BCUT2D eigenvalue weighted by Gasteiger charge is 2.35. The average molecular weight is 316 g/mol. The van der Waals surface area contributed by atoms with Crippen LogP contribution in [0.5, 0.6) is 0 Å². The maximum atomic E-state index is 12.7. The second-order valence-electron chi connectivity index (χ2n) is 6.26. The van der Waals surface area contributed by atoms with Crippen LogP contribution < -0.4 is 4.90 Å². The van der Waals surface area contributed by atoms with E-state index in [0.717, 1.165) is 12.8 Å². The quantitative estimate of drug-likeness (QED) is 0.915. The van der Waals surface area contributed by atoms with Gasteiger partial charge >= 0.3 is 5.97 Å². The minimum Gasteiger partial charge on any atom is -0.481 e. The van der Waals surface area contributed by atoms with Crippen LogP contribution in [0.25, 0.3) is 0 Å². The van der Waals surface area contributed by atoms with Gasteiger partial charge in [-0.25, -0.2) is 0 Å². The van der Waals surface area contributed by atoms with E-state index in [4.69, 9.17) is 5.11 Å². The molecule has 3 rings (SSSR count). The summed E-state index contributed by atoms with van der Waals surface area (Å²) in [6, 6.07) is 7.02. The summed E-state index contributed by atoms with van der Waals surface area (Å²) in [4.78, 5) is 39.2. The van der Waals surface area contributed by atoms with Gasteiger partial charge in [-0.2, -0.15) is 0 Å². The molecule has 2 amide bonds. The molecule has 0 spiro atoms. The van der Waals surface area contributed by atoms with Crippen molar-refractivity contribution in [3.05, 3.63) is 29.8 Å². The van der Waals surface area contributed by atoms with Crippen molar-refractivity contribution in [3.63, 3.8) is 0 Å². The molecule has 1 heterocycles. The number of para-hydroxylation sites is 1. The largest absolute Gasteiger partial charge is 0.481 e. The lowest BCUT2D eigenvalue weighted by Crippen LogP contribution is -2.33. The van der Waals surface area contributed by atoms with Gasteiger partial charge in [-0.05, 0) is 31.4 Å². The fraction of sp³-hybridized carbons (Fsp3) is 0.471. The normalized spacial score (nSPS) is 20.4. The van der Waals surface area contributed by atoms with E-state index in [1.165, 1.54) is 0 Å². The summed E-state index contributed by atoms with van der Waals surface area (Å²) in [5.74, 6) is -1.47. The Kier molecular flexibility index (Phi) is 4.07. The molecule has 6 nitrogen and oxygen atoms in total. The van der Waals surface area contributed by atoms with Gasteiger partial charge in [-0.15, -0.1) is 0 Å². The molecule has 1 aliphatic heterocycles. The molecule has 1 saturated heterocycles. The Labute approximate surface area is 134 Å². The molecule has 1 N–H and O–H groups in total. The Morgan fingerprint density at radius 3 is 2.43 bits per heavy atom. The number of rotatable bonds is 4. The van der Waals surface area contributed by atoms with Gasteiger partial charge in [0, 0.05) is 26.1 Å². The number of carboxylic acids is 1. The molecule has 23 heavy (non-hydrogen) atoms. The maximum Gasteiger partial charge on any atom is 0.308 e. The number of carbonyl (C=O) groups is 3. The topological polar surface area (TPSA) is 77.9 Å². The summed E-state index contributed by atoms with van der Waals surface area (Å²) in [5, 5.41) is 9.08. The Morgan fingerprint density at radius 1 is 1.13 bits per heavy atom. The van der Waals surface area contributed by atoms with E-state index in [-0.39, 0.29) is 24.3 Å². The third kappa shape index (κ3) is 3.06. The first-order valence-electron chi connectivity index (χ1n) is 7.87. The molecular weight excluding hydrogens is 296 g/mol. The molecule has 2 aliphatic rings. The number of carbonyl (C=O) groups excluding carboxylic acids is 2. The molecule has 1 aromatic rings. The zero-order valence-electron chi connectivity index (χ0n) is 13.1. The van der Waals surface area contributed by atoms with Crippen molar-refractivity contribution in [2.45, 2.75) is 19.3 Å². The number of carboxylic acid groups (broad SMARTS) is 1. The number of amides is 2. The number of likely N-dealkylation sites (tertiary alicyclic amines) is 1. The second kappa shape index (κ2) is 6.02. The first kappa shape index (κ1) is 15.5. The SMILES string of the molecule is CN(C(=O)C1CC1)c1ccccc1C(=O)N1CCC(C(=O)O)C1. The highest BCUT2D eigenvalue weighted by atomic mass is 16.4. The van der Waals surface area contributed by atoms with E-state index in [9.17, 15) is 14.4 Å². The summed E-state index contributed by atoms with van der Waals surface area (Å²) >= 11 is 0. The van der Waals surface area contributed by atoms with Gasteiger partial charge in [0.15, 0.2) is 0 Å². The molecule has 0 bridgehead atoms. The minimum absolute atomic E-state index is 0.0371. The smallest absolute Gasteiger partial charge is 0.308 e. The highest BCUT2D eigenvalue weighted by molar-refractivity contribution is 6.05. The van der Waals surface area contributed by atoms with Crippen LogP contribution in [0, 0.1) is 11.8 Å². The fourth-order valence-corrected chi connectivity index (χ4v) is 2.99. The predicted octanol–water partition coefficient (Wildman–Crippen LogP) is 1.61. The lowest BCUT2D eigenvalue weighted by molar-refractivity contribution is -0.141. The Morgan fingerprint density at radius 2 is 1.83 bits per heavy atom. The molecule has 1 atom stereocenters. The number of nitrogens with zero attached hydrogens (tertiary/aromatic N) is 2. The highest BCUT2D eigenvalue weighted by Crippen LogP contribution is 2.33. The van der Waals surface area contributed by atoms with Crippen molar-refractivity contribution in [1.29, 1.82) is 0 Å². The number of hydrogen-bond acceptors (Lipinski definition) is 3. The van der Waals surface area contributed by atoms with E-state index >= 15 is 0 Å². The third-order valence-electron chi connectivity index (χ3n) is 4.58. The molecule has 1 saturated carbocycles. The van der Waals surface area contributed by atoms with Gasteiger partial charge in [0.05, 0.1) is 17.2 Å². The van der Waals surface area contributed by atoms with Crippen LogP contribution in [0.4, 0.5) is 5.69 Å². The second-order valence-corrected chi connectivity index (χ2v) is 6.26. The molecule has 2 fully saturated rings. The molecule has 1 unspecified atom stereocenters. The van der Waals surface area contributed by atoms with E-state index in [1.807, 2.05) is 0 Å². The van der Waals surface area contributed by atoms with Crippen LogP contribution in [0.15, 0.2) is 24.3 Å². The Hall–Kier alpha value is -2.37. The van der Waals surface area contributed by atoms with Crippen molar-refractivity contribution in [2.24, 2.45) is 11.8 Å². The predicted molar refractivity (Wildman–Crippen MR) is 84.2 cm³/mol. The minimum atomic E-state index is -0.866. The zero-order valence-corrected chi connectivity index (χ0v) is 13.1. The molecular formula is C17H20N2O4. The van der Waals surface area contributed by atoms with Gasteiger partial charge in [0.1, 0.15) is 0 Å². The zero-order chi connectivity index (χ0) is 16.6. The van der Waals surface area contributed by atoms with Crippen LogP contribution in [-0.2, 0) is 9.59 Å². The van der Waals surface area contributed by atoms with E-state index < -0.39 is 11.9 Å². The number of aliphatic carboxylic acids is 1. The third-order valence-corrected chi connectivity index (χ3v) is 4.58. The van der Waals surface area contributed by atoms with Gasteiger partial charge in [0.25, 0.3) is 5.91 Å². The van der Waals surface area contributed by atoms with E-state index in [0.29, 0.717) is 24.2 Å². The van der Waals surface area contributed by atoms with Gasteiger partial charge in [-0.3, -0.25) is 14.4 Å². The van der Waals surface area contributed by atoms with Crippen LogP contribution in [0.3, 0.4) is 0 Å². The summed E-state index contributed by atoms with van der Waals surface area (Å²) in [6.07, 6.45) is 2.29. The Balaban J connectivity index is 1.81. The lowest BCUT2D eigenvalue weighted by atomic mass is 10.1. The van der Waals surface area contributed by atoms with Crippen LogP contribution >= 0.6 is 0 Å². The first-order chi connectivity index (χ1) is 11.0.